The molecule has 17 heavy (non-hydrogen) atoms. The van der Waals surface area contributed by atoms with Gasteiger partial charge in [-0.25, -0.2) is 4.79 Å². The Balaban J connectivity index is 4.07. The summed E-state index contributed by atoms with van der Waals surface area (Å²) in [7, 11) is 0. The predicted octanol–water partition coefficient (Wildman–Crippen LogP) is -1.21. The van der Waals surface area contributed by atoms with Gasteiger partial charge in [0.15, 0.2) is 0 Å². The minimum Gasteiger partial charge on any atom is -0.431 e. The highest BCUT2D eigenvalue weighted by atomic mass is 16.7. The number of carbonyl (C=O) groups excluding carboxylic acids is 1. The summed E-state index contributed by atoms with van der Waals surface area (Å²) in [6, 6.07) is 0. The molecule has 0 saturated heterocycles. The van der Waals surface area contributed by atoms with Gasteiger partial charge in [0.1, 0.15) is 24.9 Å². The van der Waals surface area contributed by atoms with E-state index in [1.807, 2.05) is 0 Å². The summed E-state index contributed by atoms with van der Waals surface area (Å²) in [6.07, 6.45) is -2.90. The first-order valence-electron chi connectivity index (χ1n) is 5.07. The zero-order valence-electron chi connectivity index (χ0n) is 9.36. The van der Waals surface area contributed by atoms with E-state index < -0.39 is 44.3 Å². The van der Waals surface area contributed by atoms with Crippen molar-refractivity contribution in [2.45, 2.75) is 24.7 Å². The van der Waals surface area contributed by atoms with Crippen molar-refractivity contribution >= 4 is 6.16 Å². The van der Waals surface area contributed by atoms with Gasteiger partial charge in [-0.2, -0.15) is 0 Å². The summed E-state index contributed by atoms with van der Waals surface area (Å²) in [5, 5.41) is 35.4. The van der Waals surface area contributed by atoms with Crippen LogP contribution in [-0.2, 0) is 9.47 Å². The highest BCUT2D eigenvalue weighted by Crippen LogP contribution is 2.07. The predicted molar refractivity (Wildman–Crippen MR) is 57.2 cm³/mol. The van der Waals surface area contributed by atoms with Crippen molar-refractivity contribution < 1.29 is 34.7 Å². The quantitative estimate of drug-likeness (QED) is 0.315. The van der Waals surface area contributed by atoms with Crippen molar-refractivity contribution in [2.75, 3.05) is 19.8 Å². The summed E-state index contributed by atoms with van der Waals surface area (Å²) in [5.41, 5.74) is 0. The Morgan fingerprint density at radius 3 is 2.41 bits per heavy atom. The van der Waals surface area contributed by atoms with Crippen molar-refractivity contribution in [3.63, 3.8) is 0 Å². The summed E-state index contributed by atoms with van der Waals surface area (Å²) in [5.74, 6) is 0. The van der Waals surface area contributed by atoms with Crippen molar-refractivity contribution in [3.8, 4) is 0 Å². The van der Waals surface area contributed by atoms with Gasteiger partial charge in [0, 0.05) is 6.42 Å². The van der Waals surface area contributed by atoms with Crippen molar-refractivity contribution in [1.29, 1.82) is 0 Å². The fourth-order valence-electron chi connectivity index (χ4n) is 0.940. The van der Waals surface area contributed by atoms with Crippen LogP contribution >= 0.6 is 0 Å². The second kappa shape index (κ2) is 8.94. The van der Waals surface area contributed by atoms with Crippen LogP contribution in [0.15, 0.2) is 12.7 Å². The van der Waals surface area contributed by atoms with Crippen LogP contribution < -0.4 is 0 Å². The smallest absolute Gasteiger partial charge is 0.431 e. The molecule has 0 saturated carbocycles. The number of aliphatic hydroxyl groups excluding tert-OH is 4. The second-order valence-corrected chi connectivity index (χ2v) is 3.33. The molecule has 0 aromatic heterocycles. The average molecular weight is 250 g/mol. The molecule has 3 unspecified atom stereocenters. The Morgan fingerprint density at radius 1 is 1.29 bits per heavy atom. The number of hydrogen-bond donors (Lipinski definition) is 4. The number of rotatable bonds is 8. The summed E-state index contributed by atoms with van der Waals surface area (Å²) in [4.78, 5) is 11.1. The number of ether oxygens (including phenoxy) is 2. The summed E-state index contributed by atoms with van der Waals surface area (Å²) >= 11 is 0. The van der Waals surface area contributed by atoms with Gasteiger partial charge in [-0.15, -0.1) is 6.58 Å². The highest BCUT2D eigenvalue weighted by Gasteiger charge is 2.22. The lowest BCUT2D eigenvalue weighted by atomic mass is 10.1. The molecule has 0 heterocycles. The van der Waals surface area contributed by atoms with Gasteiger partial charge in [0.2, 0.25) is 0 Å². The van der Waals surface area contributed by atoms with Crippen LogP contribution in [0.3, 0.4) is 0 Å². The number of carbonyl (C=O) groups is 1. The Kier molecular flexibility index (Phi) is 8.34. The first-order valence-corrected chi connectivity index (χ1v) is 5.07. The van der Waals surface area contributed by atoms with Crippen LogP contribution in [0.25, 0.3) is 0 Å². The third-order valence-electron chi connectivity index (χ3n) is 1.87. The molecule has 100 valence electrons. The Hall–Kier alpha value is -1.15. The molecule has 4 N–H and O–H groups in total. The average Bonchev–Trinajstić information content (AvgIpc) is 2.34. The lowest BCUT2D eigenvalue weighted by Crippen LogP contribution is -2.34. The molecule has 0 amide bonds. The largest absolute Gasteiger partial charge is 0.508 e. The van der Waals surface area contributed by atoms with E-state index in [1.165, 1.54) is 6.08 Å². The highest BCUT2D eigenvalue weighted by molar-refractivity contribution is 5.60. The molecule has 0 aliphatic rings. The minimum absolute atomic E-state index is 0.152. The Morgan fingerprint density at radius 2 is 1.94 bits per heavy atom. The van der Waals surface area contributed by atoms with E-state index in [0.717, 1.165) is 0 Å². The van der Waals surface area contributed by atoms with Crippen LogP contribution in [0.4, 0.5) is 4.79 Å². The maximum absolute atomic E-state index is 11.1. The summed E-state index contributed by atoms with van der Waals surface area (Å²) in [6.45, 7) is 1.90. The number of hydrogen-bond acceptors (Lipinski definition) is 7. The molecule has 3 atom stereocenters. The minimum atomic E-state index is -1.23. The molecule has 0 radical (unpaired) electrons. The van der Waals surface area contributed by atoms with Crippen LogP contribution in [0.5, 0.6) is 0 Å². The standard InChI is InChI=1S/C10H18O7/c1-2-3-9(8(14)5-12)17-10(15)16-6-7(13)4-11/h2,7-9,11-14H,1,3-6H2. The molecule has 0 aromatic carbocycles. The lowest BCUT2D eigenvalue weighted by Gasteiger charge is -2.20. The third-order valence-corrected chi connectivity index (χ3v) is 1.87. The molecule has 0 aliphatic carbocycles. The lowest BCUT2D eigenvalue weighted by molar-refractivity contribution is -0.0579. The summed E-state index contributed by atoms with van der Waals surface area (Å²) < 4.78 is 9.17. The van der Waals surface area contributed by atoms with Crippen LogP contribution in [-0.4, -0.2) is 64.7 Å². The van der Waals surface area contributed by atoms with Crippen LogP contribution in [0.1, 0.15) is 6.42 Å². The van der Waals surface area contributed by atoms with Gasteiger partial charge in [-0.05, 0) is 0 Å². The maximum atomic E-state index is 11.1. The van der Waals surface area contributed by atoms with Gasteiger partial charge < -0.3 is 29.9 Å². The van der Waals surface area contributed by atoms with E-state index in [-0.39, 0.29) is 6.42 Å². The second-order valence-electron chi connectivity index (χ2n) is 3.33. The zero-order chi connectivity index (χ0) is 13.3. The van der Waals surface area contributed by atoms with E-state index >= 15 is 0 Å². The molecular weight excluding hydrogens is 232 g/mol. The van der Waals surface area contributed by atoms with Crippen LogP contribution in [0, 0.1) is 0 Å². The zero-order valence-corrected chi connectivity index (χ0v) is 9.36. The molecule has 7 heteroatoms. The van der Waals surface area contributed by atoms with Crippen molar-refractivity contribution in [3.05, 3.63) is 12.7 Å². The van der Waals surface area contributed by atoms with Crippen molar-refractivity contribution in [1.82, 2.24) is 0 Å². The topological polar surface area (TPSA) is 116 Å². The van der Waals surface area contributed by atoms with Gasteiger partial charge in [0.05, 0.1) is 13.2 Å². The third kappa shape index (κ3) is 6.90. The van der Waals surface area contributed by atoms with Crippen LogP contribution in [0.2, 0.25) is 0 Å². The van der Waals surface area contributed by atoms with E-state index in [4.69, 9.17) is 20.1 Å². The van der Waals surface area contributed by atoms with Gasteiger partial charge in [-0.3, -0.25) is 0 Å². The van der Waals surface area contributed by atoms with E-state index in [1.54, 1.807) is 0 Å². The molecule has 0 fully saturated rings. The Labute approximate surface area is 98.9 Å². The first kappa shape index (κ1) is 15.9. The van der Waals surface area contributed by atoms with E-state index in [0.29, 0.717) is 0 Å². The molecule has 0 rings (SSSR count). The molecule has 0 bridgehead atoms. The molecular formula is C10H18O7. The van der Waals surface area contributed by atoms with E-state index in [2.05, 4.69) is 11.3 Å². The van der Waals surface area contributed by atoms with Gasteiger partial charge in [-0.1, -0.05) is 6.08 Å². The molecule has 0 spiro atoms. The molecule has 0 aliphatic heterocycles. The van der Waals surface area contributed by atoms with Gasteiger partial charge >= 0.3 is 6.16 Å². The maximum Gasteiger partial charge on any atom is 0.508 e. The fraction of sp³-hybridized carbons (Fsp3) is 0.700. The fourth-order valence-corrected chi connectivity index (χ4v) is 0.940. The normalized spacial score (nSPS) is 15.8. The molecule has 7 nitrogen and oxygen atoms in total. The molecule has 0 aromatic rings. The SMILES string of the molecule is C=CCC(OC(=O)OCC(O)CO)C(O)CO. The monoisotopic (exact) mass is 250 g/mol. The van der Waals surface area contributed by atoms with E-state index in [9.17, 15) is 9.90 Å². The van der Waals surface area contributed by atoms with Gasteiger partial charge in [0.25, 0.3) is 0 Å². The Bertz CT molecular complexity index is 231. The number of aliphatic hydroxyl groups is 4. The first-order chi connectivity index (χ1) is 8.04. The van der Waals surface area contributed by atoms with Crippen molar-refractivity contribution in [2.24, 2.45) is 0 Å².